The summed E-state index contributed by atoms with van der Waals surface area (Å²) >= 11 is 0. The molecule has 3 N–H and O–H groups in total. The Balaban J connectivity index is 1.65. The van der Waals surface area contributed by atoms with E-state index in [1.54, 1.807) is 14.2 Å². The van der Waals surface area contributed by atoms with Crippen LogP contribution in [0.5, 0.6) is 5.75 Å². The normalized spacial score (nSPS) is 14.3. The summed E-state index contributed by atoms with van der Waals surface area (Å²) in [7, 11) is 3.40. The number of guanidine groups is 1. The summed E-state index contributed by atoms with van der Waals surface area (Å²) in [6, 6.07) is 8.31. The van der Waals surface area contributed by atoms with Gasteiger partial charge in [-0.05, 0) is 25.3 Å². The fraction of sp³-hybridized carbons (Fsp3) is 0.529. The van der Waals surface area contributed by atoms with Crippen LogP contribution in [-0.4, -0.2) is 38.6 Å². The molecule has 0 saturated heterocycles. The van der Waals surface area contributed by atoms with Gasteiger partial charge in [-0.3, -0.25) is 9.79 Å². The number of para-hydroxylation sites is 1. The molecular weight excluding hydrogens is 292 g/mol. The van der Waals surface area contributed by atoms with E-state index in [2.05, 4.69) is 20.9 Å². The van der Waals surface area contributed by atoms with Crippen LogP contribution in [0.3, 0.4) is 0 Å². The third-order valence-electron chi connectivity index (χ3n) is 3.68. The number of methoxy groups -OCH3 is 1. The molecule has 6 nitrogen and oxygen atoms in total. The molecule has 6 heteroatoms. The highest BCUT2D eigenvalue weighted by Gasteiger charge is 2.22. The van der Waals surface area contributed by atoms with E-state index in [-0.39, 0.29) is 5.91 Å². The Morgan fingerprint density at radius 3 is 2.78 bits per heavy atom. The van der Waals surface area contributed by atoms with Crippen LogP contribution in [0, 0.1) is 0 Å². The van der Waals surface area contributed by atoms with Crippen LogP contribution < -0.4 is 20.7 Å². The lowest BCUT2D eigenvalue weighted by molar-refractivity contribution is -0.121. The van der Waals surface area contributed by atoms with Gasteiger partial charge < -0.3 is 20.7 Å². The number of nitrogens with one attached hydrogen (secondary N) is 3. The maximum Gasteiger partial charge on any atom is 0.220 e. The molecule has 1 aliphatic rings. The first-order valence-corrected chi connectivity index (χ1v) is 8.08. The molecule has 2 rings (SSSR count). The van der Waals surface area contributed by atoms with Crippen LogP contribution in [0.25, 0.3) is 0 Å². The van der Waals surface area contributed by atoms with Gasteiger partial charge in [0.25, 0.3) is 0 Å². The number of amides is 1. The minimum absolute atomic E-state index is 0.145. The van der Waals surface area contributed by atoms with E-state index in [9.17, 15) is 4.79 Å². The average molecular weight is 318 g/mol. The first-order chi connectivity index (χ1) is 11.2. The van der Waals surface area contributed by atoms with Crippen LogP contribution in [0.15, 0.2) is 29.3 Å². The summed E-state index contributed by atoms with van der Waals surface area (Å²) in [5, 5.41) is 9.46. The third kappa shape index (κ3) is 6.18. The molecule has 1 aromatic rings. The standard InChI is InChI=1S/C17H26N4O2/c1-18-17(19-11-5-8-16(22)21-14-9-10-14)20-12-13-6-3-4-7-15(13)23-2/h3-4,6-7,14H,5,8-12H2,1-2H3,(H,21,22)(H2,18,19,20). The summed E-state index contributed by atoms with van der Waals surface area (Å²) in [6.45, 7) is 1.34. The molecule has 1 amide bonds. The van der Waals surface area contributed by atoms with Gasteiger partial charge in [0, 0.05) is 38.2 Å². The van der Waals surface area contributed by atoms with Gasteiger partial charge in [0.2, 0.25) is 5.91 Å². The molecule has 1 fully saturated rings. The zero-order valence-electron chi connectivity index (χ0n) is 13.9. The summed E-state index contributed by atoms with van der Waals surface area (Å²) in [5.74, 6) is 1.72. The van der Waals surface area contributed by atoms with Gasteiger partial charge in [-0.2, -0.15) is 0 Å². The van der Waals surface area contributed by atoms with Crippen LogP contribution in [0.4, 0.5) is 0 Å². The Hall–Kier alpha value is -2.24. The molecule has 0 unspecified atom stereocenters. The lowest BCUT2D eigenvalue weighted by Crippen LogP contribution is -2.37. The van der Waals surface area contributed by atoms with Crippen molar-refractivity contribution in [2.45, 2.75) is 38.3 Å². The Kier molecular flexibility index (Phi) is 6.72. The highest BCUT2D eigenvalue weighted by molar-refractivity contribution is 5.80. The SMILES string of the molecule is CN=C(NCCCC(=O)NC1CC1)NCc1ccccc1OC. The second kappa shape index (κ2) is 9.02. The van der Waals surface area contributed by atoms with Crippen molar-refractivity contribution < 1.29 is 9.53 Å². The number of benzene rings is 1. The van der Waals surface area contributed by atoms with E-state index >= 15 is 0 Å². The molecule has 1 aliphatic carbocycles. The van der Waals surface area contributed by atoms with E-state index in [0.717, 1.165) is 36.5 Å². The Labute approximate surface area is 137 Å². The molecule has 0 aromatic heterocycles. The molecule has 0 bridgehead atoms. The maximum absolute atomic E-state index is 11.6. The van der Waals surface area contributed by atoms with Crippen molar-refractivity contribution in [1.82, 2.24) is 16.0 Å². The first-order valence-electron chi connectivity index (χ1n) is 8.08. The minimum atomic E-state index is 0.145. The van der Waals surface area contributed by atoms with Crippen LogP contribution in [-0.2, 0) is 11.3 Å². The van der Waals surface area contributed by atoms with Crippen LogP contribution in [0.2, 0.25) is 0 Å². The fourth-order valence-electron chi connectivity index (χ4n) is 2.23. The second-order valence-electron chi connectivity index (χ2n) is 5.61. The minimum Gasteiger partial charge on any atom is -0.496 e. The Morgan fingerprint density at radius 1 is 1.30 bits per heavy atom. The number of carbonyl (C=O) groups is 1. The topological polar surface area (TPSA) is 74.8 Å². The molecule has 126 valence electrons. The van der Waals surface area contributed by atoms with Gasteiger partial charge in [-0.25, -0.2) is 0 Å². The Bertz CT molecular complexity index is 541. The quantitative estimate of drug-likeness (QED) is 0.385. The number of rotatable bonds is 8. The number of ether oxygens (including phenoxy) is 1. The number of hydrogen-bond acceptors (Lipinski definition) is 3. The highest BCUT2D eigenvalue weighted by Crippen LogP contribution is 2.18. The molecule has 1 aromatic carbocycles. The monoisotopic (exact) mass is 318 g/mol. The largest absolute Gasteiger partial charge is 0.496 e. The summed E-state index contributed by atoms with van der Waals surface area (Å²) in [4.78, 5) is 15.8. The highest BCUT2D eigenvalue weighted by atomic mass is 16.5. The molecule has 0 spiro atoms. The maximum atomic E-state index is 11.6. The van der Waals surface area contributed by atoms with Gasteiger partial charge in [0.15, 0.2) is 5.96 Å². The number of nitrogens with zero attached hydrogens (tertiary/aromatic N) is 1. The smallest absolute Gasteiger partial charge is 0.220 e. The molecular formula is C17H26N4O2. The van der Waals surface area contributed by atoms with Gasteiger partial charge in [-0.15, -0.1) is 0 Å². The lowest BCUT2D eigenvalue weighted by Gasteiger charge is -2.13. The zero-order valence-corrected chi connectivity index (χ0v) is 13.9. The molecule has 0 heterocycles. The van der Waals surface area contributed by atoms with Crippen molar-refractivity contribution in [1.29, 1.82) is 0 Å². The van der Waals surface area contributed by atoms with Crippen molar-refractivity contribution in [3.05, 3.63) is 29.8 Å². The van der Waals surface area contributed by atoms with Crippen molar-refractivity contribution in [2.24, 2.45) is 4.99 Å². The number of carbonyl (C=O) groups excluding carboxylic acids is 1. The average Bonchev–Trinajstić information content (AvgIpc) is 3.38. The summed E-state index contributed by atoms with van der Waals surface area (Å²) < 4.78 is 5.33. The van der Waals surface area contributed by atoms with Gasteiger partial charge in [0.05, 0.1) is 7.11 Å². The number of hydrogen-bond donors (Lipinski definition) is 3. The predicted octanol–water partition coefficient (Wildman–Crippen LogP) is 1.42. The lowest BCUT2D eigenvalue weighted by atomic mass is 10.2. The zero-order chi connectivity index (χ0) is 16.5. The molecule has 0 radical (unpaired) electrons. The number of aliphatic imine (C=N–C) groups is 1. The van der Waals surface area contributed by atoms with E-state index < -0.39 is 0 Å². The molecule has 1 saturated carbocycles. The second-order valence-corrected chi connectivity index (χ2v) is 5.61. The van der Waals surface area contributed by atoms with Gasteiger partial charge >= 0.3 is 0 Å². The van der Waals surface area contributed by atoms with E-state index in [0.29, 0.717) is 25.6 Å². The van der Waals surface area contributed by atoms with Crippen LogP contribution in [0.1, 0.15) is 31.2 Å². The molecule has 23 heavy (non-hydrogen) atoms. The van der Waals surface area contributed by atoms with Crippen molar-refractivity contribution >= 4 is 11.9 Å². The van der Waals surface area contributed by atoms with Gasteiger partial charge in [0.1, 0.15) is 5.75 Å². The van der Waals surface area contributed by atoms with Crippen molar-refractivity contribution in [3.63, 3.8) is 0 Å². The van der Waals surface area contributed by atoms with E-state index in [1.807, 2.05) is 24.3 Å². The van der Waals surface area contributed by atoms with E-state index in [4.69, 9.17) is 4.74 Å². The van der Waals surface area contributed by atoms with Crippen molar-refractivity contribution in [2.75, 3.05) is 20.7 Å². The molecule has 0 atom stereocenters. The predicted molar refractivity (Wildman–Crippen MR) is 91.6 cm³/mol. The van der Waals surface area contributed by atoms with Crippen molar-refractivity contribution in [3.8, 4) is 5.75 Å². The molecule has 0 aliphatic heterocycles. The summed E-state index contributed by atoms with van der Waals surface area (Å²) in [5.41, 5.74) is 1.07. The van der Waals surface area contributed by atoms with E-state index in [1.165, 1.54) is 0 Å². The Morgan fingerprint density at radius 2 is 2.09 bits per heavy atom. The summed E-state index contributed by atoms with van der Waals surface area (Å²) in [6.07, 6.45) is 3.59. The van der Waals surface area contributed by atoms with Gasteiger partial charge in [-0.1, -0.05) is 18.2 Å². The third-order valence-corrected chi connectivity index (χ3v) is 3.68. The fourth-order valence-corrected chi connectivity index (χ4v) is 2.23. The first kappa shape index (κ1) is 17.1. The van der Waals surface area contributed by atoms with Crippen LogP contribution >= 0.6 is 0 Å².